The van der Waals surface area contributed by atoms with Crippen LogP contribution in [0.4, 0.5) is 0 Å². The summed E-state index contributed by atoms with van der Waals surface area (Å²) >= 11 is 0. The van der Waals surface area contributed by atoms with Crippen molar-refractivity contribution in [3.8, 4) is 5.82 Å². The van der Waals surface area contributed by atoms with Crippen molar-refractivity contribution in [1.82, 2.24) is 24.3 Å². The summed E-state index contributed by atoms with van der Waals surface area (Å²) in [7, 11) is 0. The number of pyridine rings is 1. The number of hydrogen-bond donors (Lipinski definition) is 1. The Kier molecular flexibility index (Phi) is 4.18. The van der Waals surface area contributed by atoms with Crippen LogP contribution in [-0.2, 0) is 13.0 Å². The van der Waals surface area contributed by atoms with Gasteiger partial charge in [-0.15, -0.1) is 0 Å². The molecule has 6 heteroatoms. The molecule has 3 rings (SSSR count). The predicted octanol–water partition coefficient (Wildman–Crippen LogP) is 2.15. The second-order valence-electron chi connectivity index (χ2n) is 5.24. The highest BCUT2D eigenvalue weighted by molar-refractivity contribution is 5.26. The number of imidazole rings is 1. The monoisotopic (exact) mass is 297 g/mol. The minimum atomic E-state index is -0.0118. The van der Waals surface area contributed by atoms with Crippen LogP contribution in [0.3, 0.4) is 0 Å². The lowest BCUT2D eigenvalue weighted by molar-refractivity contribution is 0.724. The van der Waals surface area contributed by atoms with Gasteiger partial charge in [0.25, 0.3) is 5.56 Å². The van der Waals surface area contributed by atoms with Gasteiger partial charge in [0.1, 0.15) is 0 Å². The fourth-order valence-corrected chi connectivity index (χ4v) is 2.47. The van der Waals surface area contributed by atoms with Crippen molar-refractivity contribution in [2.75, 3.05) is 0 Å². The topological polar surface area (TPSA) is 68.5 Å². The molecule has 3 heterocycles. The Bertz CT molecular complexity index is 771. The molecule has 0 atom stereocenters. The number of hydrogen-bond acceptors (Lipinski definition) is 3. The number of nitrogens with zero attached hydrogens (tertiary/aromatic N) is 4. The summed E-state index contributed by atoms with van der Waals surface area (Å²) in [6.45, 7) is 2.73. The highest BCUT2D eigenvalue weighted by Crippen LogP contribution is 2.10. The zero-order valence-electron chi connectivity index (χ0n) is 12.6. The van der Waals surface area contributed by atoms with Gasteiger partial charge in [0.15, 0.2) is 5.82 Å². The minimum Gasteiger partial charge on any atom is -0.332 e. The SMILES string of the molecule is CCCCc1c(Cn2ccnc2)[nH]n(-c2ccccn2)c1=O. The maximum atomic E-state index is 12.7. The van der Waals surface area contributed by atoms with Crippen molar-refractivity contribution in [3.05, 3.63) is 64.7 Å². The first-order valence-electron chi connectivity index (χ1n) is 7.49. The van der Waals surface area contributed by atoms with Crippen LogP contribution >= 0.6 is 0 Å². The Labute approximate surface area is 128 Å². The molecule has 3 aromatic heterocycles. The van der Waals surface area contributed by atoms with Gasteiger partial charge in [-0.1, -0.05) is 19.4 Å². The van der Waals surface area contributed by atoms with Crippen LogP contribution in [-0.4, -0.2) is 24.3 Å². The van der Waals surface area contributed by atoms with Gasteiger partial charge >= 0.3 is 0 Å². The molecule has 114 valence electrons. The highest BCUT2D eigenvalue weighted by atomic mass is 16.1. The second kappa shape index (κ2) is 6.43. The first kappa shape index (κ1) is 14.3. The molecular weight excluding hydrogens is 278 g/mol. The molecule has 0 aliphatic rings. The Morgan fingerprint density at radius 1 is 1.27 bits per heavy atom. The molecule has 0 bridgehead atoms. The standard InChI is InChI=1S/C16H19N5O/c1-2-3-6-13-14(11-20-10-9-17-12-20)19-21(16(13)22)15-7-4-5-8-18-15/h4-5,7-10,12,19H,2-3,6,11H2,1H3. The van der Waals surface area contributed by atoms with Gasteiger partial charge in [0, 0.05) is 24.2 Å². The number of aromatic amines is 1. The van der Waals surface area contributed by atoms with Crippen LogP contribution in [0.25, 0.3) is 5.82 Å². The summed E-state index contributed by atoms with van der Waals surface area (Å²) in [5.74, 6) is 0.613. The Morgan fingerprint density at radius 2 is 2.18 bits per heavy atom. The maximum Gasteiger partial charge on any atom is 0.276 e. The van der Waals surface area contributed by atoms with Gasteiger partial charge in [-0.2, -0.15) is 0 Å². The highest BCUT2D eigenvalue weighted by Gasteiger charge is 2.15. The number of rotatable bonds is 6. The van der Waals surface area contributed by atoms with E-state index in [0.717, 1.165) is 30.5 Å². The lowest BCUT2D eigenvalue weighted by Crippen LogP contribution is -2.18. The third-order valence-corrected chi connectivity index (χ3v) is 3.63. The maximum absolute atomic E-state index is 12.7. The van der Waals surface area contributed by atoms with Gasteiger partial charge in [-0.3, -0.25) is 9.89 Å². The van der Waals surface area contributed by atoms with Crippen LogP contribution in [0, 0.1) is 0 Å². The molecule has 0 aromatic carbocycles. The molecule has 0 aliphatic carbocycles. The van der Waals surface area contributed by atoms with Gasteiger partial charge in [0.05, 0.1) is 18.6 Å². The summed E-state index contributed by atoms with van der Waals surface area (Å²) in [6.07, 6.45) is 9.88. The normalized spacial score (nSPS) is 11.0. The van der Waals surface area contributed by atoms with Gasteiger partial charge in [-0.25, -0.2) is 14.6 Å². The Balaban J connectivity index is 2.02. The lowest BCUT2D eigenvalue weighted by Gasteiger charge is -2.03. The molecule has 0 fully saturated rings. The molecule has 22 heavy (non-hydrogen) atoms. The molecule has 6 nitrogen and oxygen atoms in total. The van der Waals surface area contributed by atoms with Gasteiger partial charge in [-0.05, 0) is 25.0 Å². The van der Waals surface area contributed by atoms with Crippen LogP contribution in [0.15, 0.2) is 47.9 Å². The van der Waals surface area contributed by atoms with E-state index in [-0.39, 0.29) is 5.56 Å². The molecule has 1 N–H and O–H groups in total. The van der Waals surface area contributed by atoms with Crippen LogP contribution in [0.2, 0.25) is 0 Å². The van der Waals surface area contributed by atoms with Crippen LogP contribution in [0.1, 0.15) is 31.0 Å². The Hall–Kier alpha value is -2.63. The van der Waals surface area contributed by atoms with Crippen molar-refractivity contribution in [3.63, 3.8) is 0 Å². The summed E-state index contributed by atoms with van der Waals surface area (Å²) in [5.41, 5.74) is 1.74. The van der Waals surface area contributed by atoms with Crippen molar-refractivity contribution in [1.29, 1.82) is 0 Å². The summed E-state index contributed by atoms with van der Waals surface area (Å²) in [5, 5.41) is 3.21. The van der Waals surface area contributed by atoms with Crippen molar-refractivity contribution in [2.45, 2.75) is 32.7 Å². The van der Waals surface area contributed by atoms with E-state index >= 15 is 0 Å². The predicted molar refractivity (Wildman–Crippen MR) is 84.1 cm³/mol. The lowest BCUT2D eigenvalue weighted by atomic mass is 10.1. The van der Waals surface area contributed by atoms with E-state index < -0.39 is 0 Å². The number of H-pyrrole nitrogens is 1. The van der Waals surface area contributed by atoms with Crippen LogP contribution in [0.5, 0.6) is 0 Å². The average molecular weight is 297 g/mol. The molecule has 3 aromatic rings. The smallest absolute Gasteiger partial charge is 0.276 e. The van der Waals surface area contributed by atoms with Gasteiger partial charge in [0.2, 0.25) is 0 Å². The number of nitrogens with one attached hydrogen (secondary N) is 1. The van der Waals surface area contributed by atoms with E-state index in [1.165, 1.54) is 4.68 Å². The molecule has 0 saturated carbocycles. The fourth-order valence-electron chi connectivity index (χ4n) is 2.47. The third kappa shape index (κ3) is 2.86. The summed E-state index contributed by atoms with van der Waals surface area (Å²) < 4.78 is 3.47. The second-order valence-corrected chi connectivity index (χ2v) is 5.24. The van der Waals surface area contributed by atoms with E-state index in [1.807, 2.05) is 29.0 Å². The number of aromatic nitrogens is 5. The van der Waals surface area contributed by atoms with Crippen molar-refractivity contribution >= 4 is 0 Å². The third-order valence-electron chi connectivity index (χ3n) is 3.63. The van der Waals surface area contributed by atoms with E-state index in [2.05, 4.69) is 22.0 Å². The van der Waals surface area contributed by atoms with E-state index in [1.54, 1.807) is 18.7 Å². The van der Waals surface area contributed by atoms with E-state index in [4.69, 9.17) is 0 Å². The van der Waals surface area contributed by atoms with Crippen molar-refractivity contribution < 1.29 is 0 Å². The first-order chi connectivity index (χ1) is 10.8. The molecule has 0 unspecified atom stereocenters. The Morgan fingerprint density at radius 3 is 2.86 bits per heavy atom. The zero-order valence-corrected chi connectivity index (χ0v) is 12.6. The molecule has 0 spiro atoms. The molecule has 0 aliphatic heterocycles. The average Bonchev–Trinajstić information content (AvgIpc) is 3.16. The van der Waals surface area contributed by atoms with E-state index in [9.17, 15) is 4.79 Å². The number of unbranched alkanes of at least 4 members (excludes halogenated alkanes) is 1. The molecular formula is C16H19N5O. The molecule has 0 saturated heterocycles. The molecule has 0 radical (unpaired) electrons. The minimum absolute atomic E-state index is 0.0118. The zero-order chi connectivity index (χ0) is 15.4. The van der Waals surface area contributed by atoms with Crippen LogP contribution < -0.4 is 5.56 Å². The van der Waals surface area contributed by atoms with Gasteiger partial charge < -0.3 is 4.57 Å². The van der Waals surface area contributed by atoms with E-state index in [0.29, 0.717) is 12.4 Å². The fraction of sp³-hybridized carbons (Fsp3) is 0.312. The summed E-state index contributed by atoms with van der Waals surface area (Å²) in [4.78, 5) is 21.0. The molecule has 0 amide bonds. The summed E-state index contributed by atoms with van der Waals surface area (Å²) in [6, 6.07) is 5.53. The first-order valence-corrected chi connectivity index (χ1v) is 7.49. The quantitative estimate of drug-likeness (QED) is 0.758. The largest absolute Gasteiger partial charge is 0.332 e. The van der Waals surface area contributed by atoms with Crippen molar-refractivity contribution in [2.24, 2.45) is 0 Å².